The highest BCUT2D eigenvalue weighted by molar-refractivity contribution is 6.02. The van der Waals surface area contributed by atoms with Gasteiger partial charge in [0.15, 0.2) is 5.82 Å². The number of hydrogen-bond acceptors (Lipinski definition) is 6. The maximum atomic E-state index is 12.9. The molecule has 3 heterocycles. The number of rotatable bonds is 6. The zero-order valence-corrected chi connectivity index (χ0v) is 18.7. The van der Waals surface area contributed by atoms with Crippen molar-refractivity contribution in [2.45, 2.75) is 25.1 Å². The van der Waals surface area contributed by atoms with E-state index in [1.165, 1.54) is 6.08 Å². The molecule has 0 aliphatic carbocycles. The number of ether oxygens (including phenoxy) is 1. The number of H-pyrrole nitrogens is 1. The van der Waals surface area contributed by atoms with Crippen LogP contribution >= 0.6 is 0 Å². The monoisotopic (exact) mass is 457 g/mol. The number of likely N-dealkylation sites (tertiary alicyclic amines) is 1. The smallest absolute Gasteiger partial charge is 0.288 e. The Morgan fingerprint density at radius 3 is 2.65 bits per heavy atom. The lowest BCUT2D eigenvalue weighted by atomic mass is 10.0. The molecule has 174 valence electrons. The maximum Gasteiger partial charge on any atom is 0.288 e. The van der Waals surface area contributed by atoms with E-state index in [4.69, 9.17) is 10.5 Å². The van der Waals surface area contributed by atoms with Gasteiger partial charge in [0, 0.05) is 30.9 Å². The predicted octanol–water partition coefficient (Wildman–Crippen LogP) is 3.91. The molecule has 4 N–H and O–H groups in total. The Bertz CT molecular complexity index is 1360. The molecule has 0 spiro atoms. The summed E-state index contributed by atoms with van der Waals surface area (Å²) in [6.45, 7) is 5.07. The molecule has 1 aliphatic rings. The van der Waals surface area contributed by atoms with Gasteiger partial charge in [-0.15, -0.1) is 0 Å². The SMILES string of the molecule is C=CC(O)N1CCCC(n2cc(-c3ccc(Oc4ccccc4)cc3)c3c(N)n[nH]c(=O)c32)C1. The molecule has 5 rings (SSSR count). The first-order chi connectivity index (χ1) is 16.5. The highest BCUT2D eigenvalue weighted by Crippen LogP contribution is 2.36. The van der Waals surface area contributed by atoms with E-state index in [-0.39, 0.29) is 17.4 Å². The summed E-state index contributed by atoms with van der Waals surface area (Å²) < 4.78 is 7.89. The molecule has 8 nitrogen and oxygen atoms in total. The molecule has 0 radical (unpaired) electrons. The molecular weight excluding hydrogens is 430 g/mol. The molecule has 1 saturated heterocycles. The number of nitrogens with two attached hydrogens (primary N) is 1. The molecule has 34 heavy (non-hydrogen) atoms. The van der Waals surface area contributed by atoms with Gasteiger partial charge in [-0.2, -0.15) is 5.10 Å². The first-order valence-electron chi connectivity index (χ1n) is 11.3. The van der Waals surface area contributed by atoms with Crippen molar-refractivity contribution in [1.82, 2.24) is 19.7 Å². The second-order valence-corrected chi connectivity index (χ2v) is 8.49. The molecule has 1 aliphatic heterocycles. The zero-order valence-electron chi connectivity index (χ0n) is 18.7. The summed E-state index contributed by atoms with van der Waals surface area (Å²) in [6, 6.07) is 17.3. The molecule has 0 amide bonds. The van der Waals surface area contributed by atoms with Gasteiger partial charge in [0.05, 0.1) is 5.39 Å². The van der Waals surface area contributed by atoms with Crippen LogP contribution in [0.2, 0.25) is 0 Å². The lowest BCUT2D eigenvalue weighted by Crippen LogP contribution is -2.42. The van der Waals surface area contributed by atoms with Crippen molar-refractivity contribution in [1.29, 1.82) is 0 Å². The molecule has 4 aromatic rings. The van der Waals surface area contributed by atoms with E-state index in [1.54, 1.807) is 0 Å². The second-order valence-electron chi connectivity index (χ2n) is 8.49. The summed E-state index contributed by atoms with van der Waals surface area (Å²) >= 11 is 0. The van der Waals surface area contributed by atoms with Gasteiger partial charge in [-0.3, -0.25) is 9.69 Å². The Hall–Kier alpha value is -3.88. The van der Waals surface area contributed by atoms with Crippen molar-refractivity contribution >= 4 is 16.7 Å². The lowest BCUT2D eigenvalue weighted by molar-refractivity contribution is 0.0143. The number of piperidine rings is 1. The van der Waals surface area contributed by atoms with Gasteiger partial charge in [-0.1, -0.05) is 36.9 Å². The number of nitrogens with zero attached hydrogens (tertiary/aromatic N) is 3. The van der Waals surface area contributed by atoms with Crippen molar-refractivity contribution in [2.24, 2.45) is 0 Å². The number of fused-ring (bicyclic) bond motifs is 1. The summed E-state index contributed by atoms with van der Waals surface area (Å²) in [4.78, 5) is 14.8. The number of hydrogen-bond donors (Lipinski definition) is 3. The molecule has 0 bridgehead atoms. The fraction of sp³-hybridized carbons (Fsp3) is 0.231. The van der Waals surface area contributed by atoms with Gasteiger partial charge in [0.1, 0.15) is 23.2 Å². The molecule has 2 unspecified atom stereocenters. The number of aromatic amines is 1. The number of nitrogen functional groups attached to an aromatic ring is 1. The third-order valence-electron chi connectivity index (χ3n) is 6.33. The fourth-order valence-corrected chi connectivity index (χ4v) is 4.67. The summed E-state index contributed by atoms with van der Waals surface area (Å²) in [5.74, 6) is 1.74. The van der Waals surface area contributed by atoms with Gasteiger partial charge in [0.25, 0.3) is 5.56 Å². The number of nitrogens with one attached hydrogen (secondary N) is 1. The Labute approximate surface area is 196 Å². The third kappa shape index (κ3) is 4.09. The van der Waals surface area contributed by atoms with Crippen LogP contribution in [0.4, 0.5) is 5.82 Å². The Morgan fingerprint density at radius 2 is 1.91 bits per heavy atom. The van der Waals surface area contributed by atoms with E-state index in [1.807, 2.05) is 70.3 Å². The summed E-state index contributed by atoms with van der Waals surface area (Å²) in [5.41, 5.74) is 8.19. The van der Waals surface area contributed by atoms with Gasteiger partial charge < -0.3 is 20.1 Å². The quantitative estimate of drug-likeness (QED) is 0.379. The standard InChI is InChI=1S/C26H27N5O3/c1-2-22(32)30-14-6-7-18(15-30)31-16-21(23-24(31)26(33)29-28-25(23)27)17-10-12-20(13-11-17)34-19-8-4-3-5-9-19/h2-5,8-13,16,18,22,32H,1,6-7,14-15H2,(H2,27,28)(H,29,33). The molecule has 8 heteroatoms. The molecule has 2 atom stereocenters. The molecule has 2 aromatic heterocycles. The van der Waals surface area contributed by atoms with Crippen LogP contribution in [-0.2, 0) is 0 Å². The Balaban J connectivity index is 1.54. The number of aliphatic hydroxyl groups is 1. The second kappa shape index (κ2) is 9.17. The van der Waals surface area contributed by atoms with Crippen LogP contribution in [0.3, 0.4) is 0 Å². The minimum atomic E-state index is -0.716. The number of anilines is 1. The van der Waals surface area contributed by atoms with Crippen molar-refractivity contribution in [3.05, 3.63) is 83.8 Å². The van der Waals surface area contributed by atoms with E-state index in [0.29, 0.717) is 23.2 Å². The highest BCUT2D eigenvalue weighted by Gasteiger charge is 2.28. The summed E-state index contributed by atoms with van der Waals surface area (Å²) in [7, 11) is 0. The minimum absolute atomic E-state index is 0.00295. The predicted molar refractivity (Wildman–Crippen MR) is 133 cm³/mol. The van der Waals surface area contributed by atoms with Gasteiger partial charge in [0.2, 0.25) is 0 Å². The Morgan fingerprint density at radius 1 is 1.18 bits per heavy atom. The van der Waals surface area contributed by atoms with Gasteiger partial charge in [-0.05, 0) is 48.7 Å². The van der Waals surface area contributed by atoms with Crippen LogP contribution in [0.5, 0.6) is 11.5 Å². The van der Waals surface area contributed by atoms with E-state index < -0.39 is 6.23 Å². The topological polar surface area (TPSA) is 109 Å². The first kappa shape index (κ1) is 21.9. The maximum absolute atomic E-state index is 12.9. The first-order valence-corrected chi connectivity index (χ1v) is 11.3. The number of para-hydroxylation sites is 1. The Kier molecular flexibility index (Phi) is 5.91. The van der Waals surface area contributed by atoms with Crippen LogP contribution in [0.15, 0.2) is 78.2 Å². The number of aliphatic hydroxyl groups excluding tert-OH is 1. The lowest BCUT2D eigenvalue weighted by Gasteiger charge is -2.35. The van der Waals surface area contributed by atoms with Crippen LogP contribution in [0.1, 0.15) is 18.9 Å². The minimum Gasteiger partial charge on any atom is -0.457 e. The van der Waals surface area contributed by atoms with Gasteiger partial charge in [-0.25, -0.2) is 5.10 Å². The van der Waals surface area contributed by atoms with E-state index >= 15 is 0 Å². The summed E-state index contributed by atoms with van der Waals surface area (Å²) in [5, 5.41) is 17.4. The van der Waals surface area contributed by atoms with E-state index in [9.17, 15) is 9.90 Å². The van der Waals surface area contributed by atoms with Crippen LogP contribution in [-0.4, -0.2) is 44.1 Å². The molecule has 1 fully saturated rings. The molecular formula is C26H27N5O3. The summed E-state index contributed by atoms with van der Waals surface area (Å²) in [6.07, 6.45) is 4.56. The van der Waals surface area contributed by atoms with Crippen LogP contribution < -0.4 is 16.0 Å². The van der Waals surface area contributed by atoms with Crippen molar-refractivity contribution < 1.29 is 9.84 Å². The normalized spacial score (nSPS) is 17.5. The fourth-order valence-electron chi connectivity index (χ4n) is 4.67. The number of aromatic nitrogens is 3. The average Bonchev–Trinajstić information content (AvgIpc) is 3.29. The molecule has 2 aromatic carbocycles. The third-order valence-corrected chi connectivity index (χ3v) is 6.33. The largest absolute Gasteiger partial charge is 0.457 e. The van der Waals surface area contributed by atoms with Crippen LogP contribution in [0.25, 0.3) is 22.0 Å². The van der Waals surface area contributed by atoms with Crippen molar-refractivity contribution in [3.63, 3.8) is 0 Å². The highest BCUT2D eigenvalue weighted by atomic mass is 16.5. The average molecular weight is 458 g/mol. The molecule has 0 saturated carbocycles. The van der Waals surface area contributed by atoms with Crippen LogP contribution in [0, 0.1) is 0 Å². The van der Waals surface area contributed by atoms with Crippen molar-refractivity contribution in [2.75, 3.05) is 18.8 Å². The zero-order chi connectivity index (χ0) is 23.7. The van der Waals surface area contributed by atoms with E-state index in [0.717, 1.165) is 36.3 Å². The van der Waals surface area contributed by atoms with E-state index in [2.05, 4.69) is 16.8 Å². The van der Waals surface area contributed by atoms with Crippen molar-refractivity contribution in [3.8, 4) is 22.6 Å². The van der Waals surface area contributed by atoms with Gasteiger partial charge >= 0.3 is 0 Å². The number of benzene rings is 2.